The number of aryl methyl sites for hydroxylation is 1. The molecule has 31 heavy (non-hydrogen) atoms. The van der Waals surface area contributed by atoms with Crippen molar-refractivity contribution in [3.8, 4) is 5.75 Å². The minimum Gasteiger partial charge on any atom is -0.508 e. The topological polar surface area (TPSA) is 57.5 Å². The normalized spacial score (nSPS) is 14.9. The van der Waals surface area contributed by atoms with E-state index in [-0.39, 0.29) is 5.91 Å². The lowest BCUT2D eigenvalue weighted by Gasteiger charge is -2.27. The van der Waals surface area contributed by atoms with Gasteiger partial charge in [-0.3, -0.25) is 9.69 Å². The molecule has 1 aliphatic rings. The van der Waals surface area contributed by atoms with Crippen molar-refractivity contribution in [1.82, 2.24) is 14.8 Å². The lowest BCUT2D eigenvalue weighted by Crippen LogP contribution is -2.29. The number of phenols is 1. The first-order valence-corrected chi connectivity index (χ1v) is 12.4. The Kier molecular flexibility index (Phi) is 8.82. The number of hydrogen-bond donors (Lipinski definition) is 2. The van der Waals surface area contributed by atoms with Crippen LogP contribution < -0.4 is 5.32 Å². The molecule has 0 saturated carbocycles. The molecular weight excluding hydrogens is 386 g/mol. The second kappa shape index (κ2) is 11.6. The average Bonchev–Trinajstić information content (AvgIpc) is 3.05. The highest BCUT2D eigenvalue weighted by Crippen LogP contribution is 2.35. The summed E-state index contributed by atoms with van der Waals surface area (Å²) in [7, 11) is 0. The number of likely N-dealkylation sites (tertiary alicyclic amines) is 1. The average molecular weight is 428 g/mol. The Bertz CT molecular complexity index is 865. The van der Waals surface area contributed by atoms with Crippen molar-refractivity contribution in [2.24, 2.45) is 0 Å². The Morgan fingerprint density at radius 2 is 1.77 bits per heavy atom. The Morgan fingerprint density at radius 3 is 2.48 bits per heavy atom. The number of piperidine rings is 1. The van der Waals surface area contributed by atoms with E-state index in [1.807, 2.05) is 12.1 Å². The minimum atomic E-state index is -0.00578. The van der Waals surface area contributed by atoms with Gasteiger partial charge in [-0.2, -0.15) is 0 Å². The van der Waals surface area contributed by atoms with Crippen LogP contribution in [-0.2, 0) is 13.1 Å². The number of rotatable bonds is 11. The first kappa shape index (κ1) is 23.6. The summed E-state index contributed by atoms with van der Waals surface area (Å²) in [6, 6.07) is 3.82. The minimum absolute atomic E-state index is 0.00578. The molecular formula is C26H41N3O2. The quantitative estimate of drug-likeness (QED) is 0.449. The van der Waals surface area contributed by atoms with Gasteiger partial charge in [0.2, 0.25) is 0 Å². The summed E-state index contributed by atoms with van der Waals surface area (Å²) >= 11 is 0. The molecule has 2 aromatic rings. The van der Waals surface area contributed by atoms with Crippen LogP contribution in [0.15, 0.2) is 12.1 Å². The number of fused-ring (bicyclic) bond motifs is 1. The van der Waals surface area contributed by atoms with Crippen LogP contribution in [0, 0.1) is 6.92 Å². The van der Waals surface area contributed by atoms with E-state index in [0.717, 1.165) is 66.6 Å². The molecule has 2 N–H and O–H groups in total. The molecule has 0 aliphatic carbocycles. The van der Waals surface area contributed by atoms with Crippen LogP contribution >= 0.6 is 0 Å². The standard InChI is InChI=1S/C26H41N3O2/c1-4-6-8-12-18-29-20(3)24(26(31)27-15-7-5-2)25-21(23(30)14-13-22(25)29)19-28-16-10-9-11-17-28/h13-14,30H,4-12,15-19H2,1-3H3,(H,27,31). The number of amides is 1. The number of carbonyl (C=O) groups excluding carboxylic acids is 1. The van der Waals surface area contributed by atoms with Gasteiger partial charge in [0.1, 0.15) is 5.75 Å². The maximum atomic E-state index is 13.3. The highest BCUT2D eigenvalue weighted by Gasteiger charge is 2.25. The zero-order chi connectivity index (χ0) is 22.2. The predicted octanol–water partition coefficient (Wildman–Crippen LogP) is 5.75. The van der Waals surface area contributed by atoms with E-state index in [0.29, 0.717) is 18.8 Å². The van der Waals surface area contributed by atoms with Crippen LogP contribution in [0.5, 0.6) is 5.75 Å². The van der Waals surface area contributed by atoms with Crippen molar-refractivity contribution in [1.29, 1.82) is 0 Å². The maximum Gasteiger partial charge on any atom is 0.253 e. The molecule has 1 aromatic heterocycles. The molecule has 172 valence electrons. The molecule has 2 heterocycles. The smallest absolute Gasteiger partial charge is 0.253 e. The Hall–Kier alpha value is -2.01. The van der Waals surface area contributed by atoms with Crippen molar-refractivity contribution in [3.05, 3.63) is 29.0 Å². The van der Waals surface area contributed by atoms with Gasteiger partial charge >= 0.3 is 0 Å². The maximum absolute atomic E-state index is 13.3. The number of aromatic nitrogens is 1. The fourth-order valence-corrected chi connectivity index (χ4v) is 4.86. The molecule has 0 atom stereocenters. The van der Waals surface area contributed by atoms with E-state index < -0.39 is 0 Å². The second-order valence-electron chi connectivity index (χ2n) is 9.08. The van der Waals surface area contributed by atoms with Crippen LogP contribution in [0.4, 0.5) is 0 Å². The summed E-state index contributed by atoms with van der Waals surface area (Å²) in [6.45, 7) is 10.9. The third kappa shape index (κ3) is 5.62. The number of unbranched alkanes of at least 4 members (excludes halogenated alkanes) is 4. The van der Waals surface area contributed by atoms with Gasteiger partial charge in [0, 0.05) is 41.8 Å². The number of nitrogens with zero attached hydrogens (tertiary/aromatic N) is 2. The van der Waals surface area contributed by atoms with E-state index >= 15 is 0 Å². The van der Waals surface area contributed by atoms with Crippen molar-refractivity contribution >= 4 is 16.8 Å². The van der Waals surface area contributed by atoms with Gasteiger partial charge in [0.05, 0.1) is 5.56 Å². The molecule has 0 unspecified atom stereocenters. The number of benzene rings is 1. The molecule has 1 saturated heterocycles. The van der Waals surface area contributed by atoms with Gasteiger partial charge in [-0.05, 0) is 57.8 Å². The zero-order valence-corrected chi connectivity index (χ0v) is 19.8. The van der Waals surface area contributed by atoms with E-state index in [2.05, 4.69) is 35.6 Å². The molecule has 5 nitrogen and oxygen atoms in total. The molecule has 3 rings (SSSR count). The van der Waals surface area contributed by atoms with E-state index in [1.165, 1.54) is 38.5 Å². The fourth-order valence-electron chi connectivity index (χ4n) is 4.86. The van der Waals surface area contributed by atoms with E-state index in [9.17, 15) is 9.90 Å². The molecule has 0 radical (unpaired) electrons. The Balaban J connectivity index is 2.02. The lowest BCUT2D eigenvalue weighted by atomic mass is 10.0. The fraction of sp³-hybridized carbons (Fsp3) is 0.654. The van der Waals surface area contributed by atoms with Gasteiger partial charge in [-0.15, -0.1) is 0 Å². The third-order valence-electron chi connectivity index (χ3n) is 6.68. The first-order valence-electron chi connectivity index (χ1n) is 12.4. The van der Waals surface area contributed by atoms with Gasteiger partial charge in [-0.1, -0.05) is 46.0 Å². The summed E-state index contributed by atoms with van der Waals surface area (Å²) in [5.74, 6) is 0.303. The SMILES string of the molecule is CCCCCCn1c(C)c(C(=O)NCCCC)c2c(CN3CCCCC3)c(O)ccc21. The molecule has 0 bridgehead atoms. The van der Waals surface area contributed by atoms with Crippen molar-refractivity contribution < 1.29 is 9.90 Å². The molecule has 1 fully saturated rings. The first-order chi connectivity index (χ1) is 15.1. The molecule has 1 aliphatic heterocycles. The summed E-state index contributed by atoms with van der Waals surface area (Å²) in [5.41, 5.74) is 3.77. The Morgan fingerprint density at radius 1 is 1.03 bits per heavy atom. The van der Waals surface area contributed by atoms with Gasteiger partial charge in [0.15, 0.2) is 0 Å². The number of carbonyl (C=O) groups is 1. The van der Waals surface area contributed by atoms with Crippen LogP contribution in [0.2, 0.25) is 0 Å². The third-order valence-corrected chi connectivity index (χ3v) is 6.68. The monoisotopic (exact) mass is 427 g/mol. The molecule has 1 amide bonds. The Labute approximate surface area is 187 Å². The highest BCUT2D eigenvalue weighted by molar-refractivity contribution is 6.10. The van der Waals surface area contributed by atoms with Crippen molar-refractivity contribution in [2.45, 2.75) is 91.6 Å². The lowest BCUT2D eigenvalue weighted by molar-refractivity contribution is 0.0954. The predicted molar refractivity (Wildman–Crippen MR) is 129 cm³/mol. The van der Waals surface area contributed by atoms with Gasteiger partial charge in [-0.25, -0.2) is 0 Å². The van der Waals surface area contributed by atoms with Crippen LogP contribution in [0.3, 0.4) is 0 Å². The molecule has 5 heteroatoms. The van der Waals surface area contributed by atoms with Gasteiger partial charge < -0.3 is 15.0 Å². The van der Waals surface area contributed by atoms with Crippen LogP contribution in [-0.4, -0.2) is 40.1 Å². The number of hydrogen-bond acceptors (Lipinski definition) is 3. The summed E-state index contributed by atoms with van der Waals surface area (Å²) in [5, 5.41) is 14.9. The number of phenolic OH excluding ortho intramolecular Hbond substituents is 1. The summed E-state index contributed by atoms with van der Waals surface area (Å²) < 4.78 is 2.30. The zero-order valence-electron chi connectivity index (χ0n) is 19.8. The van der Waals surface area contributed by atoms with Crippen LogP contribution in [0.25, 0.3) is 10.9 Å². The summed E-state index contributed by atoms with van der Waals surface area (Å²) in [6.07, 6.45) is 10.5. The van der Waals surface area contributed by atoms with Gasteiger partial charge in [0.25, 0.3) is 5.91 Å². The highest BCUT2D eigenvalue weighted by atomic mass is 16.3. The van der Waals surface area contributed by atoms with Crippen molar-refractivity contribution in [3.63, 3.8) is 0 Å². The number of aromatic hydroxyl groups is 1. The van der Waals surface area contributed by atoms with E-state index in [1.54, 1.807) is 0 Å². The second-order valence-corrected chi connectivity index (χ2v) is 9.08. The largest absolute Gasteiger partial charge is 0.508 e. The van der Waals surface area contributed by atoms with Crippen molar-refractivity contribution in [2.75, 3.05) is 19.6 Å². The summed E-state index contributed by atoms with van der Waals surface area (Å²) in [4.78, 5) is 15.7. The number of nitrogens with one attached hydrogen (secondary N) is 1. The van der Waals surface area contributed by atoms with Crippen LogP contribution in [0.1, 0.15) is 93.3 Å². The molecule has 1 aromatic carbocycles. The van der Waals surface area contributed by atoms with E-state index in [4.69, 9.17) is 0 Å². The molecule has 0 spiro atoms.